The molecule has 0 aliphatic heterocycles. The predicted octanol–water partition coefficient (Wildman–Crippen LogP) is 4.31. The van der Waals surface area contributed by atoms with E-state index in [2.05, 4.69) is 15.5 Å². The van der Waals surface area contributed by atoms with Gasteiger partial charge in [-0.1, -0.05) is 35.3 Å². The molecule has 126 valence electrons. The van der Waals surface area contributed by atoms with E-state index in [9.17, 15) is 4.79 Å². The molecular weight excluding hydrogens is 361 g/mol. The number of amides is 1. The minimum absolute atomic E-state index is 0.275. The highest BCUT2D eigenvalue weighted by Gasteiger charge is 2.08. The fourth-order valence-electron chi connectivity index (χ4n) is 2.22. The number of hydrogen-bond acceptors (Lipinski definition) is 4. The maximum Gasteiger partial charge on any atom is 0.272 e. The molecule has 0 radical (unpaired) electrons. The number of carbonyl (C=O) groups is 1. The molecule has 2 aromatic carbocycles. The highest BCUT2D eigenvalue weighted by atomic mass is 35.5. The Morgan fingerprint density at radius 1 is 1.20 bits per heavy atom. The summed E-state index contributed by atoms with van der Waals surface area (Å²) in [5.41, 5.74) is 4.06. The lowest BCUT2D eigenvalue weighted by atomic mass is 10.1. The zero-order valence-electron chi connectivity index (χ0n) is 13.2. The number of pyridine rings is 1. The summed E-state index contributed by atoms with van der Waals surface area (Å²) in [5.74, 6) is 0.293. The summed E-state index contributed by atoms with van der Waals surface area (Å²) in [7, 11) is 1.59. The van der Waals surface area contributed by atoms with Crippen molar-refractivity contribution in [2.75, 3.05) is 7.11 Å². The first-order valence-corrected chi connectivity index (χ1v) is 8.06. The summed E-state index contributed by atoms with van der Waals surface area (Å²) in [6.45, 7) is 0. The normalized spacial score (nSPS) is 11.0. The van der Waals surface area contributed by atoms with Crippen LogP contribution in [0.2, 0.25) is 10.2 Å². The number of aromatic nitrogens is 1. The van der Waals surface area contributed by atoms with Crippen LogP contribution in [-0.4, -0.2) is 24.2 Å². The van der Waals surface area contributed by atoms with Crippen molar-refractivity contribution in [2.45, 2.75) is 0 Å². The number of methoxy groups -OCH3 is 1. The van der Waals surface area contributed by atoms with Gasteiger partial charge in [0.1, 0.15) is 10.9 Å². The lowest BCUT2D eigenvalue weighted by Gasteiger charge is -2.05. The molecule has 7 heteroatoms. The molecule has 25 heavy (non-hydrogen) atoms. The molecule has 3 rings (SSSR count). The second kappa shape index (κ2) is 7.51. The van der Waals surface area contributed by atoms with Crippen LogP contribution in [0.1, 0.15) is 15.9 Å². The molecule has 3 aromatic rings. The first-order chi connectivity index (χ1) is 12.1. The minimum Gasteiger partial charge on any atom is -0.497 e. The van der Waals surface area contributed by atoms with Gasteiger partial charge in [-0.05, 0) is 30.3 Å². The number of nitrogens with zero attached hydrogens (tertiary/aromatic N) is 2. The summed E-state index contributed by atoms with van der Waals surface area (Å²) >= 11 is 12.2. The van der Waals surface area contributed by atoms with E-state index in [4.69, 9.17) is 27.9 Å². The molecule has 1 heterocycles. The van der Waals surface area contributed by atoms with E-state index in [1.54, 1.807) is 37.4 Å². The molecule has 1 N–H and O–H groups in total. The summed E-state index contributed by atoms with van der Waals surface area (Å²) < 4.78 is 5.17. The first-order valence-electron chi connectivity index (χ1n) is 7.30. The van der Waals surface area contributed by atoms with Gasteiger partial charge in [-0.15, -0.1) is 0 Å². The molecule has 0 fully saturated rings. The molecule has 1 amide bonds. The van der Waals surface area contributed by atoms with Gasteiger partial charge in [0.05, 0.1) is 29.4 Å². The second-order valence-electron chi connectivity index (χ2n) is 5.11. The Morgan fingerprint density at radius 2 is 2.00 bits per heavy atom. The van der Waals surface area contributed by atoms with Gasteiger partial charge in [0.15, 0.2) is 0 Å². The van der Waals surface area contributed by atoms with Gasteiger partial charge in [-0.25, -0.2) is 10.4 Å². The summed E-state index contributed by atoms with van der Waals surface area (Å²) in [5, 5.41) is 5.44. The lowest BCUT2D eigenvalue weighted by molar-refractivity contribution is 0.0955. The highest BCUT2D eigenvalue weighted by molar-refractivity contribution is 6.34. The molecule has 0 bridgehead atoms. The number of hydrazone groups is 1. The van der Waals surface area contributed by atoms with Crippen LogP contribution >= 0.6 is 23.2 Å². The SMILES string of the molecule is COc1ccc2cc(/C=N\NC(=O)c3ccccc3Cl)c(Cl)nc2c1. The average Bonchev–Trinajstić information content (AvgIpc) is 2.62. The van der Waals surface area contributed by atoms with Gasteiger partial charge in [-0.2, -0.15) is 5.10 Å². The Hall–Kier alpha value is -2.63. The molecule has 0 aliphatic rings. The molecule has 0 saturated carbocycles. The van der Waals surface area contributed by atoms with Crippen LogP contribution in [0.5, 0.6) is 5.75 Å². The zero-order valence-corrected chi connectivity index (χ0v) is 14.7. The van der Waals surface area contributed by atoms with Crippen LogP contribution in [0.3, 0.4) is 0 Å². The number of nitrogens with one attached hydrogen (secondary N) is 1. The lowest BCUT2D eigenvalue weighted by Crippen LogP contribution is -2.18. The summed E-state index contributed by atoms with van der Waals surface area (Å²) in [6, 6.07) is 14.1. The van der Waals surface area contributed by atoms with Crippen molar-refractivity contribution in [3.63, 3.8) is 0 Å². The van der Waals surface area contributed by atoms with E-state index in [1.165, 1.54) is 6.21 Å². The van der Waals surface area contributed by atoms with E-state index in [-0.39, 0.29) is 5.15 Å². The molecule has 0 atom stereocenters. The standard InChI is InChI=1S/C18H13Cl2N3O2/c1-25-13-7-6-11-8-12(17(20)22-16(11)9-13)10-21-23-18(24)14-4-2-3-5-15(14)19/h2-10H,1H3,(H,23,24)/b21-10-. The Labute approximate surface area is 154 Å². The van der Waals surface area contributed by atoms with Crippen molar-refractivity contribution >= 4 is 46.2 Å². The minimum atomic E-state index is -0.406. The largest absolute Gasteiger partial charge is 0.497 e. The third kappa shape index (κ3) is 3.90. The Kier molecular flexibility index (Phi) is 5.16. The van der Waals surface area contributed by atoms with E-state index in [1.807, 2.05) is 18.2 Å². The molecule has 0 spiro atoms. The van der Waals surface area contributed by atoms with Crippen LogP contribution in [0.15, 0.2) is 53.6 Å². The monoisotopic (exact) mass is 373 g/mol. The van der Waals surface area contributed by atoms with Gasteiger partial charge in [0.25, 0.3) is 5.91 Å². The number of fused-ring (bicyclic) bond motifs is 1. The van der Waals surface area contributed by atoms with Gasteiger partial charge in [-0.3, -0.25) is 4.79 Å². The molecule has 5 nitrogen and oxygen atoms in total. The zero-order chi connectivity index (χ0) is 17.8. The van der Waals surface area contributed by atoms with Gasteiger partial charge < -0.3 is 4.74 Å². The van der Waals surface area contributed by atoms with Crippen LogP contribution in [0, 0.1) is 0 Å². The maximum atomic E-state index is 12.1. The molecule has 0 aliphatic carbocycles. The third-order valence-electron chi connectivity index (χ3n) is 3.49. The number of rotatable bonds is 4. The second-order valence-corrected chi connectivity index (χ2v) is 5.87. The Bertz CT molecular complexity index is 974. The first kappa shape index (κ1) is 17.2. The predicted molar refractivity (Wildman–Crippen MR) is 99.8 cm³/mol. The van der Waals surface area contributed by atoms with Crippen LogP contribution in [0.25, 0.3) is 10.9 Å². The van der Waals surface area contributed by atoms with E-state index < -0.39 is 5.91 Å². The molecule has 0 saturated heterocycles. The van der Waals surface area contributed by atoms with Gasteiger partial charge >= 0.3 is 0 Å². The number of halogens is 2. The number of ether oxygens (including phenoxy) is 1. The number of hydrogen-bond donors (Lipinski definition) is 1. The van der Waals surface area contributed by atoms with Crippen LogP contribution in [0.4, 0.5) is 0 Å². The van der Waals surface area contributed by atoms with Crippen LogP contribution in [-0.2, 0) is 0 Å². The fraction of sp³-hybridized carbons (Fsp3) is 0.0556. The van der Waals surface area contributed by atoms with Crippen molar-refractivity contribution in [1.29, 1.82) is 0 Å². The summed E-state index contributed by atoms with van der Waals surface area (Å²) in [4.78, 5) is 16.4. The highest BCUT2D eigenvalue weighted by Crippen LogP contribution is 2.23. The Morgan fingerprint density at radius 3 is 2.76 bits per heavy atom. The quantitative estimate of drug-likeness (QED) is 0.420. The maximum absolute atomic E-state index is 12.1. The summed E-state index contributed by atoms with van der Waals surface area (Å²) in [6.07, 6.45) is 1.44. The topological polar surface area (TPSA) is 63.6 Å². The van der Waals surface area contributed by atoms with Crippen molar-refractivity contribution in [2.24, 2.45) is 5.10 Å². The van der Waals surface area contributed by atoms with Crippen molar-refractivity contribution in [3.8, 4) is 5.75 Å². The average molecular weight is 374 g/mol. The molecular formula is C18H13Cl2N3O2. The molecule has 1 aromatic heterocycles. The smallest absolute Gasteiger partial charge is 0.272 e. The van der Waals surface area contributed by atoms with Crippen molar-refractivity contribution in [3.05, 3.63) is 69.8 Å². The van der Waals surface area contributed by atoms with Crippen LogP contribution < -0.4 is 10.2 Å². The fourth-order valence-corrected chi connectivity index (χ4v) is 2.64. The van der Waals surface area contributed by atoms with E-state index in [0.717, 1.165) is 5.39 Å². The van der Waals surface area contributed by atoms with Crippen molar-refractivity contribution in [1.82, 2.24) is 10.4 Å². The number of carbonyl (C=O) groups excluding carboxylic acids is 1. The van der Waals surface area contributed by atoms with E-state index in [0.29, 0.717) is 27.4 Å². The Balaban J connectivity index is 1.80. The van der Waals surface area contributed by atoms with Crippen molar-refractivity contribution < 1.29 is 9.53 Å². The molecule has 0 unspecified atom stereocenters. The van der Waals surface area contributed by atoms with E-state index >= 15 is 0 Å². The third-order valence-corrected chi connectivity index (χ3v) is 4.13. The number of benzene rings is 2. The van der Waals surface area contributed by atoms with Gasteiger partial charge in [0, 0.05) is 17.0 Å². The van der Waals surface area contributed by atoms with Gasteiger partial charge in [0.2, 0.25) is 0 Å².